The van der Waals surface area contributed by atoms with Crippen LogP contribution in [0.15, 0.2) is 18.5 Å². The summed E-state index contributed by atoms with van der Waals surface area (Å²) in [7, 11) is 2.13. The van der Waals surface area contributed by atoms with Crippen LogP contribution < -0.4 is 10.2 Å². The Balaban J connectivity index is 2.71. The molecule has 0 bridgehead atoms. The lowest BCUT2D eigenvalue weighted by atomic mass is 10.1. The smallest absolute Gasteiger partial charge is 0.0442 e. The molecule has 1 aromatic rings. The maximum Gasteiger partial charge on any atom is 0.0442 e. The molecule has 96 valence electrons. The van der Waals surface area contributed by atoms with Crippen molar-refractivity contribution in [3.05, 3.63) is 24.0 Å². The number of hydrogen-bond acceptors (Lipinski definition) is 3. The quantitative estimate of drug-likeness (QED) is 0.821. The van der Waals surface area contributed by atoms with Gasteiger partial charge in [0.2, 0.25) is 0 Å². The van der Waals surface area contributed by atoms with Crippen LogP contribution in [0.5, 0.6) is 0 Å². The minimum absolute atomic E-state index is 0.501. The standard InChI is InChI=1S/C14H25N3/c1-11(2)8-16-10-13-9-15-7-6-14(13)17(5)12(3)4/h6-7,9,11-12,16H,8,10H2,1-5H3. The molecule has 0 radical (unpaired) electrons. The zero-order valence-corrected chi connectivity index (χ0v) is 11.7. The third-order valence-electron chi connectivity index (χ3n) is 2.90. The Labute approximate surface area is 105 Å². The van der Waals surface area contributed by atoms with Gasteiger partial charge in [-0.1, -0.05) is 13.8 Å². The fraction of sp³-hybridized carbons (Fsp3) is 0.643. The average Bonchev–Trinajstić information content (AvgIpc) is 2.28. The molecular formula is C14H25N3. The van der Waals surface area contributed by atoms with Crippen molar-refractivity contribution in [3.8, 4) is 0 Å². The van der Waals surface area contributed by atoms with Crippen LogP contribution in [-0.2, 0) is 6.54 Å². The van der Waals surface area contributed by atoms with E-state index < -0.39 is 0 Å². The summed E-state index contributed by atoms with van der Waals surface area (Å²) < 4.78 is 0. The van der Waals surface area contributed by atoms with Crippen molar-refractivity contribution in [2.45, 2.75) is 40.3 Å². The van der Waals surface area contributed by atoms with Crippen LogP contribution >= 0.6 is 0 Å². The second-order valence-corrected chi connectivity index (χ2v) is 5.23. The summed E-state index contributed by atoms with van der Waals surface area (Å²) >= 11 is 0. The van der Waals surface area contributed by atoms with Gasteiger partial charge in [0.05, 0.1) is 0 Å². The van der Waals surface area contributed by atoms with Crippen LogP contribution in [-0.4, -0.2) is 24.6 Å². The average molecular weight is 235 g/mol. The van der Waals surface area contributed by atoms with E-state index in [-0.39, 0.29) is 0 Å². The van der Waals surface area contributed by atoms with Gasteiger partial charge >= 0.3 is 0 Å². The molecule has 1 aromatic heterocycles. The van der Waals surface area contributed by atoms with Crippen LogP contribution in [0.2, 0.25) is 0 Å². The lowest BCUT2D eigenvalue weighted by Crippen LogP contribution is -2.28. The van der Waals surface area contributed by atoms with E-state index in [4.69, 9.17) is 0 Å². The largest absolute Gasteiger partial charge is 0.372 e. The molecular weight excluding hydrogens is 210 g/mol. The predicted octanol–water partition coefficient (Wildman–Crippen LogP) is 2.67. The number of nitrogens with zero attached hydrogens (tertiary/aromatic N) is 2. The molecule has 3 nitrogen and oxygen atoms in total. The Kier molecular flexibility index (Phi) is 5.42. The van der Waals surface area contributed by atoms with Crippen LogP contribution in [0.25, 0.3) is 0 Å². The number of rotatable bonds is 6. The van der Waals surface area contributed by atoms with E-state index in [0.717, 1.165) is 13.1 Å². The molecule has 1 heterocycles. The van der Waals surface area contributed by atoms with Gasteiger partial charge in [0.15, 0.2) is 0 Å². The zero-order valence-electron chi connectivity index (χ0n) is 11.7. The SMILES string of the molecule is CC(C)CNCc1cnccc1N(C)C(C)C. The van der Waals surface area contributed by atoms with Crippen molar-refractivity contribution in [1.29, 1.82) is 0 Å². The molecule has 0 aliphatic rings. The first kappa shape index (κ1) is 14.0. The molecule has 1 rings (SSSR count). The van der Waals surface area contributed by atoms with Crippen molar-refractivity contribution in [2.24, 2.45) is 5.92 Å². The number of pyridine rings is 1. The molecule has 0 aliphatic heterocycles. The third kappa shape index (κ3) is 4.35. The van der Waals surface area contributed by atoms with E-state index >= 15 is 0 Å². The van der Waals surface area contributed by atoms with E-state index in [1.54, 1.807) is 0 Å². The van der Waals surface area contributed by atoms with E-state index in [2.05, 4.69) is 56.0 Å². The van der Waals surface area contributed by atoms with Crippen molar-refractivity contribution < 1.29 is 0 Å². The number of nitrogens with one attached hydrogen (secondary N) is 1. The third-order valence-corrected chi connectivity index (χ3v) is 2.90. The number of anilines is 1. The summed E-state index contributed by atoms with van der Waals surface area (Å²) in [6, 6.07) is 2.59. The summed E-state index contributed by atoms with van der Waals surface area (Å²) in [5.74, 6) is 0.679. The van der Waals surface area contributed by atoms with E-state index in [9.17, 15) is 0 Å². The van der Waals surface area contributed by atoms with Gasteiger partial charge in [-0.25, -0.2) is 0 Å². The summed E-state index contributed by atoms with van der Waals surface area (Å²) in [5.41, 5.74) is 2.54. The monoisotopic (exact) mass is 235 g/mol. The molecule has 0 aliphatic carbocycles. The highest BCUT2D eigenvalue weighted by Crippen LogP contribution is 2.19. The van der Waals surface area contributed by atoms with E-state index in [1.807, 2.05) is 12.4 Å². The molecule has 0 amide bonds. The first-order valence-corrected chi connectivity index (χ1v) is 6.38. The molecule has 0 fully saturated rings. The molecule has 0 atom stereocenters. The Morgan fingerprint density at radius 1 is 1.29 bits per heavy atom. The molecule has 0 spiro atoms. The minimum Gasteiger partial charge on any atom is -0.372 e. The maximum atomic E-state index is 4.22. The summed E-state index contributed by atoms with van der Waals surface area (Å²) in [5, 5.41) is 3.47. The second kappa shape index (κ2) is 6.60. The molecule has 0 aromatic carbocycles. The normalized spacial score (nSPS) is 11.2. The highest BCUT2D eigenvalue weighted by molar-refractivity contribution is 5.52. The van der Waals surface area contributed by atoms with Gasteiger partial charge in [-0.15, -0.1) is 0 Å². The Bertz CT molecular complexity index is 334. The van der Waals surface area contributed by atoms with Gasteiger partial charge in [-0.05, 0) is 32.4 Å². The van der Waals surface area contributed by atoms with Crippen LogP contribution in [0.1, 0.15) is 33.3 Å². The highest BCUT2D eigenvalue weighted by atomic mass is 15.1. The lowest BCUT2D eigenvalue weighted by Gasteiger charge is -2.26. The fourth-order valence-electron chi connectivity index (χ4n) is 1.67. The van der Waals surface area contributed by atoms with Gasteiger partial charge in [0.25, 0.3) is 0 Å². The molecule has 17 heavy (non-hydrogen) atoms. The highest BCUT2D eigenvalue weighted by Gasteiger charge is 2.09. The van der Waals surface area contributed by atoms with E-state index in [0.29, 0.717) is 12.0 Å². The fourth-order valence-corrected chi connectivity index (χ4v) is 1.67. The second-order valence-electron chi connectivity index (χ2n) is 5.23. The van der Waals surface area contributed by atoms with Crippen LogP contribution in [0, 0.1) is 5.92 Å². The first-order valence-electron chi connectivity index (χ1n) is 6.38. The lowest BCUT2D eigenvalue weighted by molar-refractivity contribution is 0.551. The molecule has 0 saturated heterocycles. The molecule has 0 saturated carbocycles. The Hall–Kier alpha value is -1.09. The van der Waals surface area contributed by atoms with Crippen molar-refractivity contribution in [3.63, 3.8) is 0 Å². The summed E-state index contributed by atoms with van der Waals surface area (Å²) in [6.45, 7) is 10.8. The van der Waals surface area contributed by atoms with Gasteiger partial charge in [-0.2, -0.15) is 0 Å². The van der Waals surface area contributed by atoms with Crippen molar-refractivity contribution >= 4 is 5.69 Å². The Morgan fingerprint density at radius 3 is 2.59 bits per heavy atom. The van der Waals surface area contributed by atoms with Crippen LogP contribution in [0.3, 0.4) is 0 Å². The molecule has 3 heteroatoms. The summed E-state index contributed by atoms with van der Waals surface area (Å²) in [4.78, 5) is 6.50. The topological polar surface area (TPSA) is 28.2 Å². The van der Waals surface area contributed by atoms with Gasteiger partial charge in [-0.3, -0.25) is 4.98 Å². The number of hydrogen-bond donors (Lipinski definition) is 1. The molecule has 1 N–H and O–H groups in total. The minimum atomic E-state index is 0.501. The predicted molar refractivity (Wildman–Crippen MR) is 74.3 cm³/mol. The number of aromatic nitrogens is 1. The maximum absolute atomic E-state index is 4.22. The van der Waals surface area contributed by atoms with Gasteiger partial charge < -0.3 is 10.2 Å². The summed E-state index contributed by atoms with van der Waals surface area (Å²) in [6.07, 6.45) is 3.82. The zero-order chi connectivity index (χ0) is 12.8. The Morgan fingerprint density at radius 2 is 2.00 bits per heavy atom. The van der Waals surface area contributed by atoms with Gasteiger partial charge in [0, 0.05) is 43.3 Å². The van der Waals surface area contributed by atoms with E-state index in [1.165, 1.54) is 11.3 Å². The van der Waals surface area contributed by atoms with Crippen LogP contribution in [0.4, 0.5) is 5.69 Å². The van der Waals surface area contributed by atoms with Crippen molar-refractivity contribution in [1.82, 2.24) is 10.3 Å². The first-order chi connectivity index (χ1) is 8.02. The van der Waals surface area contributed by atoms with Crippen molar-refractivity contribution in [2.75, 3.05) is 18.5 Å². The molecule has 0 unspecified atom stereocenters. The van der Waals surface area contributed by atoms with Gasteiger partial charge in [0.1, 0.15) is 0 Å².